The molecular formula is C26H27N3O8. The van der Waals surface area contributed by atoms with E-state index < -0.39 is 34.5 Å². The third-order valence-corrected chi connectivity index (χ3v) is 6.58. The number of amides is 2. The van der Waals surface area contributed by atoms with Crippen LogP contribution in [-0.4, -0.2) is 45.8 Å². The average Bonchev–Trinajstić information content (AvgIpc) is 3.06. The molecule has 37 heavy (non-hydrogen) atoms. The van der Waals surface area contributed by atoms with Crippen molar-refractivity contribution in [2.75, 3.05) is 16.4 Å². The number of carbonyl (C=O) groups excluding carboxylic acids is 3. The lowest BCUT2D eigenvalue weighted by Crippen LogP contribution is -2.54. The summed E-state index contributed by atoms with van der Waals surface area (Å²) < 4.78 is 5.18. The van der Waals surface area contributed by atoms with Crippen molar-refractivity contribution in [3.63, 3.8) is 0 Å². The summed E-state index contributed by atoms with van der Waals surface area (Å²) >= 11 is 0. The van der Waals surface area contributed by atoms with Gasteiger partial charge in [0.15, 0.2) is 11.8 Å². The number of anilines is 2. The third kappa shape index (κ3) is 4.70. The molecule has 1 fully saturated rings. The Morgan fingerprint density at radius 2 is 2.05 bits per heavy atom. The molecule has 194 valence electrons. The predicted octanol–water partition coefficient (Wildman–Crippen LogP) is 2.53. The molecule has 0 aliphatic carbocycles. The number of nitro groups is 1. The molecule has 0 radical (unpaired) electrons. The quantitative estimate of drug-likeness (QED) is 0.172. The van der Waals surface area contributed by atoms with Crippen molar-refractivity contribution in [1.82, 2.24) is 0 Å². The van der Waals surface area contributed by atoms with E-state index in [0.29, 0.717) is 23.4 Å². The number of rotatable bonds is 9. The Kier molecular flexibility index (Phi) is 7.10. The van der Waals surface area contributed by atoms with Gasteiger partial charge >= 0.3 is 5.97 Å². The van der Waals surface area contributed by atoms with Crippen LogP contribution in [0.4, 0.5) is 17.1 Å². The molecule has 2 heterocycles. The first-order valence-electron chi connectivity index (χ1n) is 11.8. The van der Waals surface area contributed by atoms with Crippen LogP contribution in [0.3, 0.4) is 0 Å². The summed E-state index contributed by atoms with van der Waals surface area (Å²) in [6.45, 7) is 2.81. The van der Waals surface area contributed by atoms with Crippen molar-refractivity contribution < 1.29 is 34.3 Å². The molecule has 2 N–H and O–H groups in total. The molecule has 2 aliphatic rings. The van der Waals surface area contributed by atoms with E-state index in [2.05, 4.69) is 0 Å². The Balaban J connectivity index is 1.68. The molecular weight excluding hydrogens is 482 g/mol. The van der Waals surface area contributed by atoms with E-state index in [9.17, 15) is 29.6 Å². The van der Waals surface area contributed by atoms with Crippen molar-refractivity contribution in [3.05, 3.63) is 75.9 Å². The number of hydrogen-bond acceptors (Lipinski definition) is 8. The zero-order chi connectivity index (χ0) is 26.9. The largest absolute Gasteiger partial charge is 0.441 e. The van der Waals surface area contributed by atoms with Gasteiger partial charge in [0.25, 0.3) is 11.6 Å². The summed E-state index contributed by atoms with van der Waals surface area (Å²) in [5, 5.41) is 32.1. The first-order valence-corrected chi connectivity index (χ1v) is 11.8. The Morgan fingerprint density at radius 1 is 1.30 bits per heavy atom. The zero-order valence-corrected chi connectivity index (χ0v) is 20.4. The van der Waals surface area contributed by atoms with Gasteiger partial charge in [0, 0.05) is 42.8 Å². The average molecular weight is 510 g/mol. The Labute approximate surface area is 212 Å². The first-order chi connectivity index (χ1) is 17.6. The number of non-ortho nitro benzene ring substituents is 1. The van der Waals surface area contributed by atoms with Gasteiger partial charge in [0.05, 0.1) is 23.6 Å². The van der Waals surface area contributed by atoms with E-state index in [-0.39, 0.29) is 36.7 Å². The molecule has 2 aromatic rings. The van der Waals surface area contributed by atoms with E-state index in [0.717, 1.165) is 0 Å². The predicted molar refractivity (Wildman–Crippen MR) is 132 cm³/mol. The van der Waals surface area contributed by atoms with Gasteiger partial charge in [-0.3, -0.25) is 29.4 Å². The molecule has 1 saturated heterocycles. The summed E-state index contributed by atoms with van der Waals surface area (Å²) in [5.41, 5.74) is -0.734. The van der Waals surface area contributed by atoms with Crippen LogP contribution in [-0.2, 0) is 31.3 Å². The van der Waals surface area contributed by atoms with Gasteiger partial charge in [0.1, 0.15) is 0 Å². The molecule has 2 aromatic carbocycles. The van der Waals surface area contributed by atoms with Gasteiger partial charge in [-0.15, -0.1) is 0 Å². The smallest absolute Gasteiger partial charge is 0.304 e. The number of β-lactam (4-membered cyclic amide) rings is 1. The van der Waals surface area contributed by atoms with Gasteiger partial charge in [-0.25, -0.2) is 0 Å². The number of benzene rings is 2. The van der Waals surface area contributed by atoms with Crippen LogP contribution in [0.1, 0.15) is 37.8 Å². The topological polar surface area (TPSA) is 151 Å². The van der Waals surface area contributed by atoms with E-state index >= 15 is 0 Å². The monoisotopic (exact) mass is 509 g/mol. The highest BCUT2D eigenvalue weighted by molar-refractivity contribution is 6.07. The fourth-order valence-electron chi connectivity index (χ4n) is 4.69. The first kappa shape index (κ1) is 26.0. The molecule has 0 spiro atoms. The van der Waals surface area contributed by atoms with Gasteiger partial charge in [0.2, 0.25) is 5.91 Å². The van der Waals surface area contributed by atoms with Gasteiger partial charge in [-0.05, 0) is 30.2 Å². The second-order valence-corrected chi connectivity index (χ2v) is 9.05. The minimum Gasteiger partial charge on any atom is -0.441 e. The van der Waals surface area contributed by atoms with Crippen molar-refractivity contribution in [3.8, 4) is 0 Å². The molecule has 1 unspecified atom stereocenters. The molecule has 4 rings (SSSR count). The van der Waals surface area contributed by atoms with Gasteiger partial charge in [-0.1, -0.05) is 31.2 Å². The van der Waals surface area contributed by atoms with Crippen LogP contribution in [0.25, 0.3) is 0 Å². The maximum Gasteiger partial charge on any atom is 0.304 e. The Bertz CT molecular complexity index is 1290. The lowest BCUT2D eigenvalue weighted by Gasteiger charge is -2.39. The van der Waals surface area contributed by atoms with Crippen LogP contribution in [0, 0.1) is 16.0 Å². The molecule has 11 heteroatoms. The normalized spacial score (nSPS) is 21.7. The number of ether oxygens (including phenoxy) is 1. The lowest BCUT2D eigenvalue weighted by atomic mass is 9.82. The maximum absolute atomic E-state index is 13.7. The zero-order valence-electron chi connectivity index (χ0n) is 20.4. The number of carbonyl (C=O) groups is 3. The Morgan fingerprint density at radius 3 is 2.70 bits per heavy atom. The standard InChI is InChI=1S/C26H27N3O8/c1-16(6-3-4-11-30)26(34)21-13-20(29(35)36)9-10-22(21)27(25(26)33)15-18-7-5-8-19(12-18)28-23(32)14-24(28)37-17(2)31/h3,5-10,12-13,16,24,30,34H,4,11,14-15H2,1-2H3/b6-3+/t16-,24?,26+/m0/s1. The van der Waals surface area contributed by atoms with E-state index in [1.54, 1.807) is 43.3 Å². The molecule has 11 nitrogen and oxygen atoms in total. The van der Waals surface area contributed by atoms with Crippen molar-refractivity contribution in [2.45, 2.75) is 45.1 Å². The lowest BCUT2D eigenvalue weighted by molar-refractivity contribution is -0.385. The molecule has 0 saturated carbocycles. The fraction of sp³-hybridized carbons (Fsp3) is 0.346. The number of hydrogen-bond donors (Lipinski definition) is 2. The molecule has 2 aliphatic heterocycles. The van der Waals surface area contributed by atoms with Gasteiger partial charge < -0.3 is 19.8 Å². The minimum absolute atomic E-state index is 0.0210. The highest BCUT2D eigenvalue weighted by Crippen LogP contribution is 2.47. The third-order valence-electron chi connectivity index (χ3n) is 6.58. The summed E-state index contributed by atoms with van der Waals surface area (Å²) in [4.78, 5) is 50.8. The van der Waals surface area contributed by atoms with Crippen LogP contribution < -0.4 is 9.80 Å². The van der Waals surface area contributed by atoms with E-state index in [4.69, 9.17) is 9.84 Å². The SMILES string of the molecule is CC(=O)OC1CC(=O)N1c1cccc(CN2C(=O)[C@@](O)([C@@H](C)/C=C/CCO)c3cc([N+](=O)[O-])ccc32)c1. The van der Waals surface area contributed by atoms with Gasteiger partial charge in [-0.2, -0.15) is 0 Å². The number of nitrogens with zero attached hydrogens (tertiary/aromatic N) is 3. The number of nitro benzene ring substituents is 1. The minimum atomic E-state index is -2.06. The highest BCUT2D eigenvalue weighted by atomic mass is 16.6. The van der Waals surface area contributed by atoms with Crippen molar-refractivity contribution in [1.29, 1.82) is 0 Å². The summed E-state index contributed by atoms with van der Waals surface area (Å²) in [6.07, 6.45) is 2.95. The van der Waals surface area contributed by atoms with Crippen LogP contribution in [0.5, 0.6) is 0 Å². The fourth-order valence-corrected chi connectivity index (χ4v) is 4.69. The number of aliphatic hydroxyl groups excluding tert-OH is 1. The van der Waals surface area contributed by atoms with Crippen molar-refractivity contribution in [2.24, 2.45) is 5.92 Å². The van der Waals surface area contributed by atoms with E-state index in [1.807, 2.05) is 0 Å². The summed E-state index contributed by atoms with van der Waals surface area (Å²) in [5.74, 6) is -2.11. The second kappa shape index (κ2) is 10.1. The number of esters is 1. The molecule has 3 atom stereocenters. The molecule has 0 bridgehead atoms. The number of fused-ring (bicyclic) bond motifs is 1. The van der Waals surface area contributed by atoms with Crippen LogP contribution >= 0.6 is 0 Å². The number of aliphatic hydroxyl groups is 2. The summed E-state index contributed by atoms with van der Waals surface area (Å²) in [7, 11) is 0. The maximum atomic E-state index is 13.7. The molecule has 2 amide bonds. The van der Waals surface area contributed by atoms with Crippen LogP contribution in [0.15, 0.2) is 54.6 Å². The second-order valence-electron chi connectivity index (χ2n) is 9.05. The molecule has 0 aromatic heterocycles. The Hall–Kier alpha value is -4.09. The van der Waals surface area contributed by atoms with Crippen molar-refractivity contribution >= 4 is 34.8 Å². The summed E-state index contributed by atoms with van der Waals surface area (Å²) in [6, 6.07) is 10.7. The van der Waals surface area contributed by atoms with Crippen LogP contribution in [0.2, 0.25) is 0 Å². The van der Waals surface area contributed by atoms with E-state index in [1.165, 1.54) is 34.9 Å². The highest BCUT2D eigenvalue weighted by Gasteiger charge is 2.53.